The number of rotatable bonds is 4. The van der Waals surface area contributed by atoms with E-state index in [1.807, 2.05) is 30.3 Å². The van der Waals surface area contributed by atoms with Gasteiger partial charge in [-0.05, 0) is 18.6 Å². The van der Waals surface area contributed by atoms with Crippen LogP contribution < -0.4 is 0 Å². The van der Waals surface area contributed by atoms with Gasteiger partial charge in [0.25, 0.3) is 5.91 Å². The quantitative estimate of drug-likeness (QED) is 0.665. The van der Waals surface area contributed by atoms with Crippen molar-refractivity contribution in [2.24, 2.45) is 0 Å². The zero-order valence-corrected chi connectivity index (χ0v) is 14.8. The fourth-order valence-corrected chi connectivity index (χ4v) is 4.21. The summed E-state index contributed by atoms with van der Waals surface area (Å²) in [4.78, 5) is 19.7. The van der Waals surface area contributed by atoms with Crippen molar-refractivity contribution in [1.82, 2.24) is 9.88 Å². The van der Waals surface area contributed by atoms with Gasteiger partial charge in [0.1, 0.15) is 15.4 Å². The summed E-state index contributed by atoms with van der Waals surface area (Å²) in [5, 5.41) is 10.2. The second-order valence-corrected chi connectivity index (χ2v) is 7.80. The van der Waals surface area contributed by atoms with E-state index in [9.17, 15) is 9.90 Å². The van der Waals surface area contributed by atoms with Gasteiger partial charge in [-0.1, -0.05) is 54.3 Å². The summed E-state index contributed by atoms with van der Waals surface area (Å²) in [5.74, 6) is -0.0872. The molecular weight excluding hydrogens is 348 g/mol. The van der Waals surface area contributed by atoms with E-state index in [4.69, 9.17) is 12.2 Å². The van der Waals surface area contributed by atoms with E-state index in [1.54, 1.807) is 24.1 Å². The number of thiocarbonyl (C=S) groups is 1. The van der Waals surface area contributed by atoms with Crippen molar-refractivity contribution in [2.75, 3.05) is 0 Å². The van der Waals surface area contributed by atoms with Gasteiger partial charge in [0, 0.05) is 11.1 Å². The van der Waals surface area contributed by atoms with Crippen LogP contribution in [0.15, 0.2) is 41.4 Å². The number of hydrogen-bond acceptors (Lipinski definition) is 6. The molecule has 1 atom stereocenters. The van der Waals surface area contributed by atoms with E-state index < -0.39 is 6.10 Å². The van der Waals surface area contributed by atoms with Crippen molar-refractivity contribution in [3.05, 3.63) is 56.9 Å². The SMILES string of the molecule is CC(O)c1ncc(/C=C2\SC(=S)N(Cc3ccccc3)C2=O)s1. The van der Waals surface area contributed by atoms with E-state index in [0.29, 0.717) is 20.8 Å². The number of aliphatic hydroxyl groups excluding tert-OH is 1. The van der Waals surface area contributed by atoms with Crippen molar-refractivity contribution in [3.63, 3.8) is 0 Å². The maximum Gasteiger partial charge on any atom is 0.266 e. The molecule has 2 heterocycles. The first kappa shape index (κ1) is 16.3. The molecule has 118 valence electrons. The third-order valence-corrected chi connectivity index (χ3v) is 5.72. The van der Waals surface area contributed by atoms with E-state index in [-0.39, 0.29) is 5.91 Å². The Morgan fingerprint density at radius 2 is 2.13 bits per heavy atom. The van der Waals surface area contributed by atoms with E-state index >= 15 is 0 Å². The van der Waals surface area contributed by atoms with Gasteiger partial charge in [0.05, 0.1) is 11.4 Å². The van der Waals surface area contributed by atoms with Crippen LogP contribution >= 0.6 is 35.3 Å². The molecule has 1 aromatic heterocycles. The number of carbonyl (C=O) groups is 1. The topological polar surface area (TPSA) is 53.4 Å². The lowest BCUT2D eigenvalue weighted by atomic mass is 10.2. The monoisotopic (exact) mass is 362 g/mol. The zero-order chi connectivity index (χ0) is 16.4. The molecule has 0 radical (unpaired) electrons. The predicted molar refractivity (Wildman–Crippen MR) is 97.9 cm³/mol. The van der Waals surface area contributed by atoms with Gasteiger partial charge in [0.2, 0.25) is 0 Å². The smallest absolute Gasteiger partial charge is 0.266 e. The van der Waals surface area contributed by atoms with Crippen LogP contribution in [0, 0.1) is 0 Å². The molecule has 1 aliphatic heterocycles. The number of aromatic nitrogens is 1. The van der Waals surface area contributed by atoms with Crippen molar-refractivity contribution < 1.29 is 9.90 Å². The highest BCUT2D eigenvalue weighted by Gasteiger charge is 2.32. The fraction of sp³-hybridized carbons (Fsp3) is 0.188. The van der Waals surface area contributed by atoms with Crippen LogP contribution in [-0.2, 0) is 11.3 Å². The Balaban J connectivity index is 1.78. The van der Waals surface area contributed by atoms with Gasteiger partial charge in [-0.2, -0.15) is 0 Å². The molecule has 1 aromatic carbocycles. The first-order chi connectivity index (χ1) is 11.0. The molecule has 2 aromatic rings. The number of benzene rings is 1. The zero-order valence-electron chi connectivity index (χ0n) is 12.3. The fourth-order valence-electron chi connectivity index (χ4n) is 2.09. The number of thiazole rings is 1. The number of carbonyl (C=O) groups excluding carboxylic acids is 1. The molecule has 1 N–H and O–H groups in total. The lowest BCUT2D eigenvalue weighted by Crippen LogP contribution is -2.27. The first-order valence-electron chi connectivity index (χ1n) is 6.97. The summed E-state index contributed by atoms with van der Waals surface area (Å²) in [6.07, 6.45) is 2.85. The summed E-state index contributed by atoms with van der Waals surface area (Å²) >= 11 is 8.00. The van der Waals surface area contributed by atoms with Crippen molar-refractivity contribution in [1.29, 1.82) is 0 Å². The van der Waals surface area contributed by atoms with Crippen molar-refractivity contribution in [2.45, 2.75) is 19.6 Å². The molecule has 1 aliphatic rings. The normalized spacial score (nSPS) is 18.0. The molecule has 23 heavy (non-hydrogen) atoms. The number of aliphatic hydroxyl groups is 1. The maximum atomic E-state index is 12.5. The molecule has 1 unspecified atom stereocenters. The third kappa shape index (κ3) is 3.69. The molecule has 1 amide bonds. The molecule has 0 saturated carbocycles. The third-order valence-electron chi connectivity index (χ3n) is 3.23. The highest BCUT2D eigenvalue weighted by molar-refractivity contribution is 8.26. The Kier molecular flexibility index (Phi) is 4.91. The molecule has 1 fully saturated rings. The summed E-state index contributed by atoms with van der Waals surface area (Å²) in [6, 6.07) is 9.77. The average molecular weight is 363 g/mol. The van der Waals surface area contributed by atoms with Crippen LogP contribution in [0.3, 0.4) is 0 Å². The minimum Gasteiger partial charge on any atom is -0.386 e. The largest absolute Gasteiger partial charge is 0.386 e. The Labute approximate surface area is 147 Å². The molecule has 0 aliphatic carbocycles. The molecule has 3 rings (SSSR count). The molecule has 0 spiro atoms. The molecular formula is C16H14N2O2S3. The second-order valence-electron chi connectivity index (χ2n) is 5.03. The van der Waals surface area contributed by atoms with Crippen LogP contribution in [-0.4, -0.2) is 25.2 Å². The Morgan fingerprint density at radius 3 is 2.78 bits per heavy atom. The lowest BCUT2D eigenvalue weighted by molar-refractivity contribution is -0.122. The number of hydrogen-bond donors (Lipinski definition) is 1. The Hall–Kier alpha value is -1.54. The van der Waals surface area contributed by atoms with Crippen molar-refractivity contribution in [3.8, 4) is 0 Å². The Morgan fingerprint density at radius 1 is 1.39 bits per heavy atom. The van der Waals surface area contributed by atoms with E-state index in [0.717, 1.165) is 10.4 Å². The molecule has 0 bridgehead atoms. The van der Waals surface area contributed by atoms with Gasteiger partial charge in [-0.15, -0.1) is 11.3 Å². The van der Waals surface area contributed by atoms with Gasteiger partial charge >= 0.3 is 0 Å². The van der Waals surface area contributed by atoms with E-state index in [2.05, 4.69) is 4.98 Å². The minimum absolute atomic E-state index is 0.0872. The Bertz CT molecular complexity index is 769. The van der Waals surface area contributed by atoms with Crippen LogP contribution in [0.2, 0.25) is 0 Å². The summed E-state index contributed by atoms with van der Waals surface area (Å²) in [6.45, 7) is 2.15. The molecule has 4 nitrogen and oxygen atoms in total. The van der Waals surface area contributed by atoms with E-state index in [1.165, 1.54) is 23.1 Å². The highest BCUT2D eigenvalue weighted by Crippen LogP contribution is 2.34. The van der Waals surface area contributed by atoms with Crippen molar-refractivity contribution >= 4 is 51.6 Å². The minimum atomic E-state index is -0.602. The molecule has 1 saturated heterocycles. The van der Waals surface area contributed by atoms with Gasteiger partial charge in [0.15, 0.2) is 0 Å². The summed E-state index contributed by atoms with van der Waals surface area (Å²) in [5.41, 5.74) is 1.04. The van der Waals surface area contributed by atoms with Gasteiger partial charge < -0.3 is 5.11 Å². The van der Waals surface area contributed by atoms with Crippen LogP contribution in [0.1, 0.15) is 28.5 Å². The molecule has 7 heteroatoms. The number of nitrogens with zero attached hydrogens (tertiary/aromatic N) is 2. The first-order valence-corrected chi connectivity index (χ1v) is 9.02. The number of amides is 1. The van der Waals surface area contributed by atoms with Crippen LogP contribution in [0.4, 0.5) is 0 Å². The van der Waals surface area contributed by atoms with Gasteiger partial charge in [-0.25, -0.2) is 4.98 Å². The maximum absolute atomic E-state index is 12.5. The predicted octanol–water partition coefficient (Wildman–Crippen LogP) is 3.60. The lowest BCUT2D eigenvalue weighted by Gasteiger charge is -2.14. The van der Waals surface area contributed by atoms with Crippen LogP contribution in [0.5, 0.6) is 0 Å². The standard InChI is InChI=1S/C16H14N2O2S3/c1-10(19)14-17-8-12(22-14)7-13-15(20)18(16(21)23-13)9-11-5-3-2-4-6-11/h2-8,10,19H,9H2,1H3/b13-7-. The highest BCUT2D eigenvalue weighted by atomic mass is 32.2. The second kappa shape index (κ2) is 6.92. The van der Waals surface area contributed by atoms with Crippen LogP contribution in [0.25, 0.3) is 6.08 Å². The number of thioether (sulfide) groups is 1. The summed E-state index contributed by atoms with van der Waals surface area (Å²) < 4.78 is 0.561. The van der Waals surface area contributed by atoms with Gasteiger partial charge in [-0.3, -0.25) is 9.69 Å². The average Bonchev–Trinajstić information content (AvgIpc) is 3.10. The summed E-state index contributed by atoms with van der Waals surface area (Å²) in [7, 11) is 0.